The highest BCUT2D eigenvalue weighted by molar-refractivity contribution is 7.92. The number of hydrogen-bond donors (Lipinski definition) is 0. The maximum atomic E-state index is 13.3. The van der Waals surface area contributed by atoms with Gasteiger partial charge >= 0.3 is 0 Å². The second kappa shape index (κ2) is 7.49. The van der Waals surface area contributed by atoms with E-state index in [1.807, 2.05) is 6.07 Å². The minimum Gasteiger partial charge on any atom is -0.497 e. The second-order valence-corrected chi connectivity index (χ2v) is 7.86. The van der Waals surface area contributed by atoms with Crippen molar-refractivity contribution in [2.75, 3.05) is 7.11 Å². The van der Waals surface area contributed by atoms with Crippen molar-refractivity contribution in [2.45, 2.75) is 29.4 Å². The molecule has 1 atom stereocenters. The minimum absolute atomic E-state index is 0.00214. The lowest BCUT2D eigenvalue weighted by Gasteiger charge is -2.27. The molecule has 0 radical (unpaired) electrons. The smallest absolute Gasteiger partial charge is 0.201 e. The van der Waals surface area contributed by atoms with Crippen LogP contribution in [0.4, 0.5) is 0 Å². The Balaban J connectivity index is 2.64. The highest BCUT2D eigenvalue weighted by Crippen LogP contribution is 2.39. The largest absolute Gasteiger partial charge is 0.497 e. The van der Waals surface area contributed by atoms with Crippen molar-refractivity contribution in [3.8, 4) is 11.8 Å². The van der Waals surface area contributed by atoms with Gasteiger partial charge in [-0.25, -0.2) is 8.42 Å². The van der Waals surface area contributed by atoms with E-state index in [0.717, 1.165) is 0 Å². The van der Waals surface area contributed by atoms with Crippen molar-refractivity contribution < 1.29 is 17.9 Å². The SMILES string of the molecule is COc1ccc(S(=O)(=O)[C@](C#N)(CCC(C)=O)c2ccccc2)cc1. The van der Waals surface area contributed by atoms with Gasteiger partial charge in [-0.05, 0) is 43.2 Å². The zero-order valence-electron chi connectivity index (χ0n) is 14.1. The molecule has 0 amide bonds. The molecular formula is C19H19NO4S. The maximum absolute atomic E-state index is 13.3. The summed E-state index contributed by atoms with van der Waals surface area (Å²) in [6.45, 7) is 1.38. The van der Waals surface area contributed by atoms with Gasteiger partial charge in [-0.2, -0.15) is 5.26 Å². The number of benzene rings is 2. The van der Waals surface area contributed by atoms with Gasteiger partial charge in [-0.3, -0.25) is 0 Å². The molecule has 0 saturated heterocycles. The van der Waals surface area contributed by atoms with Crippen LogP contribution in [0.1, 0.15) is 25.3 Å². The number of ketones is 1. The van der Waals surface area contributed by atoms with Crippen LogP contribution in [0.25, 0.3) is 0 Å². The van der Waals surface area contributed by atoms with Gasteiger partial charge in [0.25, 0.3) is 0 Å². The molecule has 0 bridgehead atoms. The van der Waals surface area contributed by atoms with Crippen LogP contribution in [0.15, 0.2) is 59.5 Å². The van der Waals surface area contributed by atoms with Crippen LogP contribution in [-0.2, 0) is 19.4 Å². The first-order valence-corrected chi connectivity index (χ1v) is 9.20. The highest BCUT2D eigenvalue weighted by Gasteiger charge is 2.46. The Hall–Kier alpha value is -2.65. The van der Waals surface area contributed by atoms with Crippen molar-refractivity contribution in [3.05, 3.63) is 60.2 Å². The molecule has 0 aliphatic rings. The number of Topliss-reactive ketones (excluding diaryl/α,β-unsaturated/α-hetero) is 1. The van der Waals surface area contributed by atoms with Crippen LogP contribution >= 0.6 is 0 Å². The van der Waals surface area contributed by atoms with E-state index in [1.54, 1.807) is 30.3 Å². The molecule has 2 aromatic rings. The first-order chi connectivity index (χ1) is 11.9. The molecule has 0 aromatic heterocycles. The van der Waals surface area contributed by atoms with Gasteiger partial charge in [-0.15, -0.1) is 0 Å². The van der Waals surface area contributed by atoms with Crippen LogP contribution in [0.3, 0.4) is 0 Å². The summed E-state index contributed by atoms with van der Waals surface area (Å²) in [4.78, 5) is 11.5. The lowest BCUT2D eigenvalue weighted by Crippen LogP contribution is -2.35. The highest BCUT2D eigenvalue weighted by atomic mass is 32.2. The van der Waals surface area contributed by atoms with Gasteiger partial charge in [0.2, 0.25) is 9.84 Å². The Morgan fingerprint density at radius 3 is 2.20 bits per heavy atom. The number of carbonyl (C=O) groups excluding carboxylic acids is 1. The summed E-state index contributed by atoms with van der Waals surface area (Å²) in [5.74, 6) is 0.352. The molecule has 0 fully saturated rings. The summed E-state index contributed by atoms with van der Waals surface area (Å²) in [6.07, 6.45) is -0.102. The van der Waals surface area contributed by atoms with E-state index < -0.39 is 14.6 Å². The molecule has 0 saturated carbocycles. The number of sulfone groups is 1. The predicted octanol–water partition coefficient (Wildman–Crippen LogP) is 3.26. The first-order valence-electron chi connectivity index (χ1n) is 7.72. The van der Waals surface area contributed by atoms with Crippen LogP contribution in [-0.4, -0.2) is 21.3 Å². The second-order valence-electron chi connectivity index (χ2n) is 5.69. The van der Waals surface area contributed by atoms with Gasteiger partial charge < -0.3 is 9.53 Å². The van der Waals surface area contributed by atoms with Crippen LogP contribution < -0.4 is 4.74 Å². The summed E-state index contributed by atoms with van der Waals surface area (Å²) in [7, 11) is -2.57. The number of methoxy groups -OCH3 is 1. The average molecular weight is 357 g/mol. The lowest BCUT2D eigenvalue weighted by atomic mass is 9.93. The normalized spacial score (nSPS) is 13.5. The van der Waals surface area contributed by atoms with Crippen molar-refractivity contribution in [1.82, 2.24) is 0 Å². The average Bonchev–Trinajstić information content (AvgIpc) is 2.63. The fraction of sp³-hybridized carbons (Fsp3) is 0.263. The summed E-state index contributed by atoms with van der Waals surface area (Å²) in [5.41, 5.74) is 0.356. The number of ether oxygens (including phenoxy) is 1. The molecular weight excluding hydrogens is 338 g/mol. The predicted molar refractivity (Wildman–Crippen MR) is 93.8 cm³/mol. The molecule has 6 heteroatoms. The molecule has 130 valence electrons. The molecule has 0 heterocycles. The van der Waals surface area contributed by atoms with E-state index in [2.05, 4.69) is 0 Å². The Bertz CT molecular complexity index is 883. The Morgan fingerprint density at radius 2 is 1.72 bits per heavy atom. The first kappa shape index (κ1) is 18.7. The lowest BCUT2D eigenvalue weighted by molar-refractivity contribution is -0.117. The molecule has 25 heavy (non-hydrogen) atoms. The summed E-state index contributed by atoms with van der Waals surface area (Å²) in [6, 6.07) is 16.2. The maximum Gasteiger partial charge on any atom is 0.201 e. The van der Waals surface area contributed by atoms with E-state index in [9.17, 15) is 18.5 Å². The van der Waals surface area contributed by atoms with Gasteiger partial charge in [0, 0.05) is 6.42 Å². The third-order valence-corrected chi connectivity index (χ3v) is 6.42. The van der Waals surface area contributed by atoms with E-state index >= 15 is 0 Å². The van der Waals surface area contributed by atoms with Crippen LogP contribution in [0.5, 0.6) is 5.75 Å². The monoisotopic (exact) mass is 357 g/mol. The van der Waals surface area contributed by atoms with Crippen molar-refractivity contribution in [2.24, 2.45) is 0 Å². The quantitative estimate of drug-likeness (QED) is 0.759. The van der Waals surface area contributed by atoms with Crippen molar-refractivity contribution in [1.29, 1.82) is 5.26 Å². The number of nitrogens with zero attached hydrogens (tertiary/aromatic N) is 1. The van der Waals surface area contributed by atoms with Gasteiger partial charge in [0.1, 0.15) is 11.5 Å². The van der Waals surface area contributed by atoms with E-state index in [-0.39, 0.29) is 23.5 Å². The zero-order chi connectivity index (χ0) is 18.5. The molecule has 2 aromatic carbocycles. The van der Waals surface area contributed by atoms with Gasteiger partial charge in [0.05, 0.1) is 18.1 Å². The topological polar surface area (TPSA) is 84.2 Å². The number of carbonyl (C=O) groups is 1. The molecule has 0 aliphatic heterocycles. The zero-order valence-corrected chi connectivity index (χ0v) is 14.9. The Labute approximate surface area is 147 Å². The number of hydrogen-bond acceptors (Lipinski definition) is 5. The third-order valence-electron chi connectivity index (χ3n) is 4.08. The number of nitriles is 1. The van der Waals surface area contributed by atoms with E-state index in [0.29, 0.717) is 11.3 Å². The summed E-state index contributed by atoms with van der Waals surface area (Å²) >= 11 is 0. The van der Waals surface area contributed by atoms with E-state index in [1.165, 1.54) is 38.3 Å². The van der Waals surface area contributed by atoms with Crippen LogP contribution in [0.2, 0.25) is 0 Å². The summed E-state index contributed by atoms with van der Waals surface area (Å²) in [5, 5.41) is 9.88. The molecule has 0 N–H and O–H groups in total. The Morgan fingerprint density at radius 1 is 1.12 bits per heavy atom. The summed E-state index contributed by atoms with van der Waals surface area (Å²) < 4.78 is 29.9. The van der Waals surface area contributed by atoms with Crippen molar-refractivity contribution >= 4 is 15.6 Å². The van der Waals surface area contributed by atoms with Crippen LogP contribution in [0, 0.1) is 11.3 Å². The number of rotatable bonds is 7. The van der Waals surface area contributed by atoms with Crippen molar-refractivity contribution in [3.63, 3.8) is 0 Å². The molecule has 5 nitrogen and oxygen atoms in total. The fourth-order valence-electron chi connectivity index (χ4n) is 2.63. The Kier molecular flexibility index (Phi) is 5.60. The molecule has 0 spiro atoms. The van der Waals surface area contributed by atoms with Gasteiger partial charge in [-0.1, -0.05) is 30.3 Å². The molecule has 0 aliphatic carbocycles. The molecule has 0 unspecified atom stereocenters. The fourth-order valence-corrected chi connectivity index (χ4v) is 4.46. The third kappa shape index (κ3) is 3.57. The standard InChI is InChI=1S/C19H19NO4S/c1-15(21)12-13-19(14-20,16-6-4-3-5-7-16)25(22,23)18-10-8-17(24-2)9-11-18/h3-11H,12-13H2,1-2H3/t19-/m0/s1. The van der Waals surface area contributed by atoms with Gasteiger partial charge in [0.15, 0.2) is 4.75 Å². The minimum atomic E-state index is -4.06. The molecule has 2 rings (SSSR count). The van der Waals surface area contributed by atoms with E-state index in [4.69, 9.17) is 4.74 Å².